The van der Waals surface area contributed by atoms with Crippen LogP contribution >= 0.6 is 11.6 Å². The molecule has 2 amide bonds. The molecule has 12 heteroatoms. The maximum Gasteiger partial charge on any atom is 0.258 e. The Morgan fingerprint density at radius 3 is 2.28 bits per heavy atom. The SMILES string of the molecule is COc1cc(-c2cn(C)c(=O)c3ccc(F)cc23)cc(Cl)c1CN1CCC(CCC2CCN(c3ccc(NC4CCC(=O)NC4=O)cc3F)CC2)CC1. The van der Waals surface area contributed by atoms with Crippen molar-refractivity contribution in [2.45, 2.75) is 64.0 Å². The first-order chi connectivity index (χ1) is 25.6. The summed E-state index contributed by atoms with van der Waals surface area (Å²) in [6.45, 7) is 4.25. The van der Waals surface area contributed by atoms with Gasteiger partial charge in [-0.1, -0.05) is 24.4 Å². The van der Waals surface area contributed by atoms with E-state index in [-0.39, 0.29) is 29.6 Å². The molecule has 0 aliphatic carbocycles. The number of hydrogen-bond acceptors (Lipinski definition) is 7. The number of fused-ring (bicyclic) bond motifs is 1. The molecule has 3 aromatic carbocycles. The van der Waals surface area contributed by atoms with E-state index in [2.05, 4.69) is 20.4 Å². The largest absolute Gasteiger partial charge is 0.496 e. The van der Waals surface area contributed by atoms with Crippen molar-refractivity contribution in [2.24, 2.45) is 18.9 Å². The van der Waals surface area contributed by atoms with E-state index in [0.717, 1.165) is 63.0 Å². The molecule has 3 fully saturated rings. The third-order valence-electron chi connectivity index (χ3n) is 11.4. The summed E-state index contributed by atoms with van der Waals surface area (Å²) in [4.78, 5) is 40.8. The molecule has 280 valence electrons. The third kappa shape index (κ3) is 8.21. The van der Waals surface area contributed by atoms with Gasteiger partial charge in [0.25, 0.3) is 5.56 Å². The topological polar surface area (TPSA) is 95.9 Å². The number of aromatic nitrogens is 1. The number of likely N-dealkylation sites (tertiary alicyclic amines) is 1. The number of ether oxygens (including phenoxy) is 1. The van der Waals surface area contributed by atoms with Gasteiger partial charge in [-0.25, -0.2) is 8.78 Å². The van der Waals surface area contributed by atoms with Gasteiger partial charge in [0.2, 0.25) is 11.8 Å². The normalized spacial score (nSPS) is 19.1. The fraction of sp³-hybridized carbons (Fsp3) is 0.439. The van der Waals surface area contributed by atoms with Crippen LogP contribution in [-0.2, 0) is 23.2 Å². The lowest BCUT2D eigenvalue weighted by Crippen LogP contribution is -2.47. The van der Waals surface area contributed by atoms with E-state index < -0.39 is 11.9 Å². The Labute approximate surface area is 313 Å². The Bertz CT molecular complexity index is 2070. The summed E-state index contributed by atoms with van der Waals surface area (Å²) in [5.74, 6) is 0.598. The maximum absolute atomic E-state index is 15.2. The Morgan fingerprint density at radius 1 is 0.887 bits per heavy atom. The van der Waals surface area contributed by atoms with Gasteiger partial charge in [-0.05, 0) is 117 Å². The predicted octanol–water partition coefficient (Wildman–Crippen LogP) is 7.27. The van der Waals surface area contributed by atoms with Crippen LogP contribution < -0.4 is 25.8 Å². The Morgan fingerprint density at radius 2 is 1.60 bits per heavy atom. The lowest BCUT2D eigenvalue weighted by atomic mass is 9.85. The fourth-order valence-electron chi connectivity index (χ4n) is 8.25. The second-order valence-corrected chi connectivity index (χ2v) is 15.2. The molecule has 3 saturated heterocycles. The molecule has 2 N–H and O–H groups in total. The number of nitrogens with zero attached hydrogens (tertiary/aromatic N) is 3. The molecule has 1 aromatic heterocycles. The minimum absolute atomic E-state index is 0.189. The summed E-state index contributed by atoms with van der Waals surface area (Å²) in [7, 11) is 3.32. The second kappa shape index (κ2) is 15.9. The highest BCUT2D eigenvalue weighted by Crippen LogP contribution is 2.38. The summed E-state index contributed by atoms with van der Waals surface area (Å²) in [5.41, 5.74) is 3.32. The van der Waals surface area contributed by atoms with Crippen LogP contribution in [0, 0.1) is 23.5 Å². The van der Waals surface area contributed by atoms with Gasteiger partial charge in [-0.2, -0.15) is 0 Å². The smallest absolute Gasteiger partial charge is 0.258 e. The molecule has 1 unspecified atom stereocenters. The van der Waals surface area contributed by atoms with Gasteiger partial charge >= 0.3 is 0 Å². The lowest BCUT2D eigenvalue weighted by Gasteiger charge is -2.36. The first kappa shape index (κ1) is 36.9. The number of carbonyl (C=O) groups is 2. The number of halogens is 3. The van der Waals surface area contributed by atoms with Crippen molar-refractivity contribution in [2.75, 3.05) is 43.5 Å². The highest BCUT2D eigenvalue weighted by atomic mass is 35.5. The number of hydrogen-bond donors (Lipinski definition) is 2. The molecule has 7 rings (SSSR count). The molecule has 9 nitrogen and oxygen atoms in total. The van der Waals surface area contributed by atoms with Crippen LogP contribution in [-0.4, -0.2) is 60.6 Å². The molecule has 3 aliphatic heterocycles. The van der Waals surface area contributed by atoms with Crippen LogP contribution in [0.1, 0.15) is 56.9 Å². The number of piperidine rings is 3. The van der Waals surface area contributed by atoms with Crippen LogP contribution in [0.3, 0.4) is 0 Å². The lowest BCUT2D eigenvalue weighted by molar-refractivity contribution is -0.133. The van der Waals surface area contributed by atoms with Gasteiger partial charge in [0.05, 0.1) is 12.8 Å². The van der Waals surface area contributed by atoms with E-state index >= 15 is 4.39 Å². The number of benzene rings is 3. The first-order valence-corrected chi connectivity index (χ1v) is 19.0. The number of carbonyl (C=O) groups excluding carboxylic acids is 2. The molecule has 0 saturated carbocycles. The van der Waals surface area contributed by atoms with E-state index in [9.17, 15) is 18.8 Å². The van der Waals surface area contributed by atoms with Crippen molar-refractivity contribution < 1.29 is 23.1 Å². The molecule has 53 heavy (non-hydrogen) atoms. The molecular weight excluding hydrogens is 700 g/mol. The summed E-state index contributed by atoms with van der Waals surface area (Å²) in [5, 5.41) is 6.94. The zero-order valence-electron chi connectivity index (χ0n) is 30.2. The van der Waals surface area contributed by atoms with Crippen molar-refractivity contribution in [3.05, 3.63) is 87.3 Å². The number of imide groups is 1. The highest BCUT2D eigenvalue weighted by molar-refractivity contribution is 6.32. The standard InChI is InChI=1S/C41H46ClF2N5O4/c1-47-23-32(31-21-28(43)5-7-30(31)41(47)52)27-19-34(42)33(38(20-27)53-2)24-48-15-11-25(12-16-48)3-4-26-13-17-49(18-14-26)37-9-6-29(22-35(37)44)45-36-8-10-39(50)46-40(36)51/h5-7,9,19-23,25-26,36,45H,3-4,8,10-18,24H2,1-2H3,(H,46,50,51). The minimum Gasteiger partial charge on any atom is -0.496 e. The van der Waals surface area contributed by atoms with Crippen molar-refractivity contribution in [3.63, 3.8) is 0 Å². The van der Waals surface area contributed by atoms with Gasteiger partial charge in [0, 0.05) is 66.5 Å². The number of anilines is 2. The average Bonchev–Trinajstić information content (AvgIpc) is 3.15. The number of rotatable bonds is 10. The molecule has 1 atom stereocenters. The Hall–Kier alpha value is -4.48. The highest BCUT2D eigenvalue weighted by Gasteiger charge is 2.28. The molecule has 0 spiro atoms. The van der Waals surface area contributed by atoms with Crippen LogP contribution in [0.4, 0.5) is 20.2 Å². The van der Waals surface area contributed by atoms with Gasteiger partial charge in [-0.3, -0.25) is 24.6 Å². The fourth-order valence-corrected chi connectivity index (χ4v) is 8.52. The number of pyridine rings is 1. The van der Waals surface area contributed by atoms with Crippen LogP contribution in [0.25, 0.3) is 21.9 Å². The molecule has 4 heterocycles. The van der Waals surface area contributed by atoms with Crippen LogP contribution in [0.2, 0.25) is 5.02 Å². The predicted molar refractivity (Wildman–Crippen MR) is 205 cm³/mol. The van der Waals surface area contributed by atoms with Crippen LogP contribution in [0.15, 0.2) is 59.5 Å². The molecule has 3 aliphatic rings. The second-order valence-electron chi connectivity index (χ2n) is 14.8. The van der Waals surface area contributed by atoms with Crippen LogP contribution in [0.5, 0.6) is 5.75 Å². The molecular formula is C41H46ClF2N5O4. The number of amides is 2. The Balaban J connectivity index is 0.890. The van der Waals surface area contributed by atoms with Crippen molar-refractivity contribution in [3.8, 4) is 16.9 Å². The number of methoxy groups -OCH3 is 1. The van der Waals surface area contributed by atoms with E-state index in [1.165, 1.54) is 41.7 Å². The monoisotopic (exact) mass is 745 g/mol. The third-order valence-corrected chi connectivity index (χ3v) is 11.7. The van der Waals surface area contributed by atoms with Gasteiger partial charge in [-0.15, -0.1) is 0 Å². The van der Waals surface area contributed by atoms with Crippen molar-refractivity contribution in [1.29, 1.82) is 0 Å². The van der Waals surface area contributed by atoms with Gasteiger partial charge < -0.3 is 19.5 Å². The van der Waals surface area contributed by atoms with Crippen molar-refractivity contribution >= 4 is 45.6 Å². The number of aryl methyl sites for hydroxylation is 1. The summed E-state index contributed by atoms with van der Waals surface area (Å²) >= 11 is 6.91. The van der Waals surface area contributed by atoms with Gasteiger partial charge in [0.1, 0.15) is 23.4 Å². The summed E-state index contributed by atoms with van der Waals surface area (Å²) in [6, 6.07) is 12.5. The quantitative estimate of drug-likeness (QED) is 0.165. The van der Waals surface area contributed by atoms with E-state index in [0.29, 0.717) is 63.3 Å². The maximum atomic E-state index is 15.2. The zero-order chi connectivity index (χ0) is 37.2. The first-order valence-electron chi connectivity index (χ1n) is 18.6. The van der Waals surface area contributed by atoms with E-state index in [1.54, 1.807) is 32.5 Å². The van der Waals surface area contributed by atoms with Gasteiger partial charge in [0.15, 0.2) is 0 Å². The van der Waals surface area contributed by atoms with E-state index in [1.807, 2.05) is 12.1 Å². The zero-order valence-corrected chi connectivity index (χ0v) is 31.0. The van der Waals surface area contributed by atoms with Crippen molar-refractivity contribution in [1.82, 2.24) is 14.8 Å². The minimum atomic E-state index is -0.544. The summed E-state index contributed by atoms with van der Waals surface area (Å²) < 4.78 is 36.8. The van der Waals surface area contributed by atoms with E-state index in [4.69, 9.17) is 16.3 Å². The molecule has 4 aromatic rings. The summed E-state index contributed by atoms with van der Waals surface area (Å²) in [6.07, 6.45) is 9.07. The number of nitrogens with one attached hydrogen (secondary N) is 2. The molecule has 0 radical (unpaired) electrons. The molecule has 0 bridgehead atoms. The average molecular weight is 746 g/mol. The Kier molecular flexibility index (Phi) is 11.0.